The molecule has 9 nitrogen and oxygen atoms in total. The third kappa shape index (κ3) is 4.32. The smallest absolute Gasteiger partial charge is 0.392 e. The molecule has 3 N–H and O–H groups in total. The van der Waals surface area contributed by atoms with Crippen LogP contribution >= 0.6 is 0 Å². The first kappa shape index (κ1) is 22.2. The first-order valence-electron chi connectivity index (χ1n) is 10.2. The molecular weight excluding hydrogens is 427 g/mol. The van der Waals surface area contributed by atoms with E-state index in [1.165, 1.54) is 11.1 Å². The Hall–Kier alpha value is -2.99. The molecule has 0 bridgehead atoms. The molecule has 0 unspecified atom stereocenters. The number of hydrogen-bond acceptors (Lipinski definition) is 8. The van der Waals surface area contributed by atoms with Crippen molar-refractivity contribution in [2.75, 3.05) is 23.3 Å². The first-order valence-corrected chi connectivity index (χ1v) is 10.2. The largest absolute Gasteiger partial charge is 0.395 e. The number of aromatic nitrogens is 5. The van der Waals surface area contributed by atoms with Gasteiger partial charge in [0.05, 0.1) is 23.7 Å². The molecule has 1 aliphatic rings. The van der Waals surface area contributed by atoms with Crippen LogP contribution in [0, 0.1) is 5.92 Å². The van der Waals surface area contributed by atoms with Crippen molar-refractivity contribution in [1.29, 1.82) is 0 Å². The van der Waals surface area contributed by atoms with Crippen LogP contribution in [0.1, 0.15) is 32.1 Å². The predicted molar refractivity (Wildman–Crippen MR) is 112 cm³/mol. The standard InChI is InChI=1S/C20H24F3N7O2/c1-11(2)30-14-7-17(25-8-13(14)26-18(30)10-31)27-16-3-5-24-19(28-16)29-6-4-15(32)12(9-29)20(21,22)23/h3,5,7-8,11-12,15,31-32H,4,6,9-10H2,1-2H3,(H,24,25,27,28)/t12-,15-/m0/s1. The fourth-order valence-corrected chi connectivity index (χ4v) is 3.95. The molecule has 3 aromatic heterocycles. The van der Waals surface area contributed by atoms with Gasteiger partial charge >= 0.3 is 6.18 Å². The van der Waals surface area contributed by atoms with Crippen LogP contribution in [0.2, 0.25) is 0 Å². The van der Waals surface area contributed by atoms with Crippen molar-refractivity contribution >= 4 is 28.6 Å². The van der Waals surface area contributed by atoms with Crippen molar-refractivity contribution in [3.63, 3.8) is 0 Å². The summed E-state index contributed by atoms with van der Waals surface area (Å²) in [5, 5.41) is 22.4. The second kappa shape index (κ2) is 8.51. The van der Waals surface area contributed by atoms with Gasteiger partial charge in [0.1, 0.15) is 29.6 Å². The molecule has 0 spiro atoms. The summed E-state index contributed by atoms with van der Waals surface area (Å²) in [6.45, 7) is 3.58. The Morgan fingerprint density at radius 1 is 1.22 bits per heavy atom. The highest BCUT2D eigenvalue weighted by Crippen LogP contribution is 2.34. The normalized spacial score (nSPS) is 19.7. The van der Waals surface area contributed by atoms with E-state index in [9.17, 15) is 23.4 Å². The van der Waals surface area contributed by atoms with E-state index in [4.69, 9.17) is 0 Å². The van der Waals surface area contributed by atoms with Crippen LogP contribution in [0.4, 0.5) is 30.8 Å². The molecule has 1 fully saturated rings. The Bertz CT molecular complexity index is 1100. The van der Waals surface area contributed by atoms with Crippen molar-refractivity contribution in [3.8, 4) is 0 Å². The van der Waals surface area contributed by atoms with Gasteiger partial charge in [-0.1, -0.05) is 0 Å². The van der Waals surface area contributed by atoms with Gasteiger partial charge in [-0.05, 0) is 26.3 Å². The summed E-state index contributed by atoms with van der Waals surface area (Å²) in [5.41, 5.74) is 1.43. The lowest BCUT2D eigenvalue weighted by Crippen LogP contribution is -2.49. The Morgan fingerprint density at radius 3 is 2.69 bits per heavy atom. The summed E-state index contributed by atoms with van der Waals surface area (Å²) in [6, 6.07) is 3.44. The molecule has 0 amide bonds. The molecule has 3 aromatic rings. The first-order chi connectivity index (χ1) is 15.2. The van der Waals surface area contributed by atoms with E-state index in [0.29, 0.717) is 23.0 Å². The molecule has 1 aliphatic heterocycles. The fourth-order valence-electron chi connectivity index (χ4n) is 3.95. The number of nitrogens with one attached hydrogen (secondary N) is 1. The SMILES string of the molecule is CC(C)n1c(CO)nc2cnc(Nc3ccnc(N4CC[C@H](O)[C@@H](C(F)(F)F)C4)n3)cc21. The predicted octanol–water partition coefficient (Wildman–Crippen LogP) is 2.79. The van der Waals surface area contributed by atoms with E-state index < -0.39 is 24.7 Å². The molecule has 1 saturated heterocycles. The highest BCUT2D eigenvalue weighted by Gasteiger charge is 2.47. The van der Waals surface area contributed by atoms with Crippen LogP contribution in [0.15, 0.2) is 24.5 Å². The van der Waals surface area contributed by atoms with Crippen LogP contribution in [0.25, 0.3) is 11.0 Å². The molecule has 12 heteroatoms. The number of halogens is 3. The third-order valence-electron chi connectivity index (χ3n) is 5.49. The average Bonchev–Trinajstić information content (AvgIpc) is 3.11. The quantitative estimate of drug-likeness (QED) is 0.543. The third-order valence-corrected chi connectivity index (χ3v) is 5.49. The van der Waals surface area contributed by atoms with Crippen molar-refractivity contribution in [3.05, 3.63) is 30.4 Å². The Kier molecular flexibility index (Phi) is 5.91. The zero-order valence-corrected chi connectivity index (χ0v) is 17.6. The molecule has 2 atom stereocenters. The topological polar surface area (TPSA) is 112 Å². The molecule has 4 rings (SSSR count). The van der Waals surface area contributed by atoms with Crippen molar-refractivity contribution in [2.24, 2.45) is 5.92 Å². The minimum absolute atomic E-state index is 0.0181. The van der Waals surface area contributed by atoms with Crippen LogP contribution < -0.4 is 10.2 Å². The summed E-state index contributed by atoms with van der Waals surface area (Å²) in [4.78, 5) is 18.6. The molecule has 0 aliphatic carbocycles. The number of nitrogens with zero attached hydrogens (tertiary/aromatic N) is 6. The summed E-state index contributed by atoms with van der Waals surface area (Å²) in [7, 11) is 0. The van der Waals surface area contributed by atoms with E-state index >= 15 is 0 Å². The summed E-state index contributed by atoms with van der Waals surface area (Å²) in [6.07, 6.45) is -2.91. The second-order valence-electron chi connectivity index (χ2n) is 8.03. The minimum atomic E-state index is -4.50. The maximum Gasteiger partial charge on any atom is 0.395 e. The zero-order chi connectivity index (χ0) is 23.0. The van der Waals surface area contributed by atoms with Crippen LogP contribution in [0.5, 0.6) is 0 Å². The number of fused-ring (bicyclic) bond motifs is 1. The van der Waals surface area contributed by atoms with E-state index in [1.54, 1.807) is 18.3 Å². The van der Waals surface area contributed by atoms with Gasteiger partial charge in [-0.25, -0.2) is 15.0 Å². The highest BCUT2D eigenvalue weighted by molar-refractivity contribution is 5.79. The monoisotopic (exact) mass is 451 g/mol. The highest BCUT2D eigenvalue weighted by atomic mass is 19.4. The lowest BCUT2D eigenvalue weighted by atomic mass is 9.94. The lowest BCUT2D eigenvalue weighted by Gasteiger charge is -2.37. The van der Waals surface area contributed by atoms with Gasteiger partial charge < -0.3 is 25.0 Å². The molecule has 0 aromatic carbocycles. The maximum absolute atomic E-state index is 13.2. The zero-order valence-electron chi connectivity index (χ0n) is 17.6. The van der Waals surface area contributed by atoms with E-state index in [0.717, 1.165) is 5.52 Å². The number of piperidine rings is 1. The number of rotatable bonds is 5. The number of anilines is 3. The number of aliphatic hydroxyl groups is 2. The van der Waals surface area contributed by atoms with Gasteiger partial charge in [0.25, 0.3) is 0 Å². The number of imidazole rings is 1. The number of aliphatic hydroxyl groups excluding tert-OH is 2. The Labute approximate surface area is 182 Å². The summed E-state index contributed by atoms with van der Waals surface area (Å²) >= 11 is 0. The van der Waals surface area contributed by atoms with E-state index in [-0.39, 0.29) is 31.6 Å². The molecule has 32 heavy (non-hydrogen) atoms. The van der Waals surface area contributed by atoms with Crippen LogP contribution in [-0.2, 0) is 6.61 Å². The number of hydrogen-bond donors (Lipinski definition) is 3. The molecule has 4 heterocycles. The van der Waals surface area contributed by atoms with Gasteiger partial charge in [0, 0.05) is 31.4 Å². The van der Waals surface area contributed by atoms with Crippen LogP contribution in [0.3, 0.4) is 0 Å². The van der Waals surface area contributed by atoms with Gasteiger partial charge in [-0.15, -0.1) is 0 Å². The number of alkyl halides is 3. The number of pyridine rings is 1. The van der Waals surface area contributed by atoms with Crippen molar-refractivity contribution < 1.29 is 23.4 Å². The summed E-state index contributed by atoms with van der Waals surface area (Å²) < 4.78 is 41.6. The Morgan fingerprint density at radius 2 is 2.00 bits per heavy atom. The van der Waals surface area contributed by atoms with E-state index in [1.807, 2.05) is 18.4 Å². The molecule has 0 radical (unpaired) electrons. The molecular formula is C20H24F3N7O2. The lowest BCUT2D eigenvalue weighted by molar-refractivity contribution is -0.200. The fraction of sp³-hybridized carbons (Fsp3) is 0.500. The van der Waals surface area contributed by atoms with Gasteiger partial charge in [-0.2, -0.15) is 18.2 Å². The Balaban J connectivity index is 1.58. The molecule has 0 saturated carbocycles. The summed E-state index contributed by atoms with van der Waals surface area (Å²) in [5.74, 6) is -0.334. The van der Waals surface area contributed by atoms with Gasteiger partial charge in [0.2, 0.25) is 5.95 Å². The second-order valence-corrected chi connectivity index (χ2v) is 8.03. The van der Waals surface area contributed by atoms with Gasteiger partial charge in [-0.3, -0.25) is 0 Å². The van der Waals surface area contributed by atoms with Crippen molar-refractivity contribution in [1.82, 2.24) is 24.5 Å². The van der Waals surface area contributed by atoms with Gasteiger partial charge in [0.15, 0.2) is 0 Å². The average molecular weight is 451 g/mol. The molecule has 172 valence electrons. The van der Waals surface area contributed by atoms with Crippen molar-refractivity contribution in [2.45, 2.75) is 45.2 Å². The maximum atomic E-state index is 13.2. The van der Waals surface area contributed by atoms with E-state index in [2.05, 4.69) is 25.3 Å². The minimum Gasteiger partial charge on any atom is -0.392 e. The van der Waals surface area contributed by atoms with Crippen LogP contribution in [-0.4, -0.2) is 60.1 Å².